The largest absolute Gasteiger partial charge is 0.393 e. The Hall–Kier alpha value is -0.380. The summed E-state index contributed by atoms with van der Waals surface area (Å²) < 4.78 is 45.1. The van der Waals surface area contributed by atoms with Gasteiger partial charge in [-0.2, -0.15) is 0 Å². The number of ether oxygens (including phenoxy) is 4. The van der Waals surface area contributed by atoms with Crippen molar-refractivity contribution >= 4 is 0 Å². The molecule has 0 bridgehead atoms. The zero-order valence-electron chi connectivity index (χ0n) is 11.5. The van der Waals surface area contributed by atoms with Crippen LogP contribution in [0, 0.1) is 0 Å². The van der Waals surface area contributed by atoms with Crippen LogP contribution in [0.5, 0.6) is 0 Å². The zero-order chi connectivity index (χ0) is 15.1. The molecule has 0 aromatic carbocycles. The molecule has 0 saturated heterocycles. The lowest BCUT2D eigenvalue weighted by Crippen LogP contribution is -2.18. The molecule has 2 unspecified atom stereocenters. The Morgan fingerprint density at radius 3 is 1.20 bits per heavy atom. The molecule has 0 aromatic heterocycles. The summed E-state index contributed by atoms with van der Waals surface area (Å²) in [6.45, 7) is 0.501. The Balaban J connectivity index is 3.03. The molecule has 0 aliphatic carbocycles. The number of aliphatic hydroxyl groups excluding tert-OH is 2. The summed E-state index contributed by atoms with van der Waals surface area (Å²) in [5, 5.41) is 16.8. The second kappa shape index (κ2) is 15.0. The second-order valence-electron chi connectivity index (χ2n) is 3.93. The van der Waals surface area contributed by atoms with Crippen molar-refractivity contribution in [1.29, 1.82) is 0 Å². The monoisotopic (exact) mass is 302 g/mol. The molecule has 0 aliphatic rings. The summed E-state index contributed by atoms with van der Waals surface area (Å²) in [6, 6.07) is 0. The summed E-state index contributed by atoms with van der Waals surface area (Å²) in [4.78, 5) is 0. The lowest BCUT2D eigenvalue weighted by molar-refractivity contribution is -0.0182. The van der Waals surface area contributed by atoms with Crippen LogP contribution < -0.4 is 0 Å². The third-order valence-corrected chi connectivity index (χ3v) is 2.11. The normalized spacial score (nSPS) is 14.4. The Bertz CT molecular complexity index is 179. The van der Waals surface area contributed by atoms with E-state index in [4.69, 9.17) is 29.2 Å². The SMILES string of the molecule is OCC(F)COCCOCCOCCOCC(F)CO. The van der Waals surface area contributed by atoms with E-state index >= 15 is 0 Å². The molecule has 0 radical (unpaired) electrons. The highest BCUT2D eigenvalue weighted by Crippen LogP contribution is 1.91. The summed E-state index contributed by atoms with van der Waals surface area (Å²) >= 11 is 0. The van der Waals surface area contributed by atoms with Crippen LogP contribution in [0.2, 0.25) is 0 Å². The first-order chi connectivity index (χ1) is 9.70. The van der Waals surface area contributed by atoms with Crippen molar-refractivity contribution in [2.75, 3.05) is 66.1 Å². The second-order valence-corrected chi connectivity index (χ2v) is 3.93. The van der Waals surface area contributed by atoms with E-state index in [0.717, 1.165) is 0 Å². The van der Waals surface area contributed by atoms with E-state index in [1.54, 1.807) is 0 Å². The first-order valence-corrected chi connectivity index (χ1v) is 6.51. The molecule has 122 valence electrons. The molecule has 0 saturated carbocycles. The number of hydrogen-bond donors (Lipinski definition) is 2. The molecule has 0 spiro atoms. The molecule has 0 amide bonds. The van der Waals surface area contributed by atoms with Crippen LogP contribution in [-0.2, 0) is 18.9 Å². The number of halogens is 2. The van der Waals surface area contributed by atoms with Gasteiger partial charge in [0, 0.05) is 0 Å². The summed E-state index contributed by atoms with van der Waals surface area (Å²) in [7, 11) is 0. The Kier molecular flexibility index (Phi) is 14.7. The van der Waals surface area contributed by atoms with Gasteiger partial charge in [-0.25, -0.2) is 8.78 Å². The van der Waals surface area contributed by atoms with E-state index in [1.165, 1.54) is 0 Å². The van der Waals surface area contributed by atoms with Gasteiger partial charge in [-0.15, -0.1) is 0 Å². The van der Waals surface area contributed by atoms with Gasteiger partial charge in [-0.3, -0.25) is 0 Å². The highest BCUT2D eigenvalue weighted by molar-refractivity contribution is 4.50. The number of aliphatic hydroxyl groups is 2. The number of hydrogen-bond acceptors (Lipinski definition) is 6. The number of alkyl halides is 2. The molecule has 0 aromatic rings. The van der Waals surface area contributed by atoms with Crippen LogP contribution in [0.1, 0.15) is 0 Å². The molecule has 8 heteroatoms. The highest BCUT2D eigenvalue weighted by atomic mass is 19.1. The van der Waals surface area contributed by atoms with Crippen LogP contribution in [0.15, 0.2) is 0 Å². The van der Waals surface area contributed by atoms with Crippen molar-refractivity contribution in [2.45, 2.75) is 12.3 Å². The quantitative estimate of drug-likeness (QED) is 0.405. The maximum Gasteiger partial charge on any atom is 0.146 e. The number of rotatable bonds is 15. The van der Waals surface area contributed by atoms with E-state index in [-0.39, 0.29) is 26.4 Å². The van der Waals surface area contributed by atoms with Gasteiger partial charge in [-0.05, 0) is 0 Å². The molecule has 6 nitrogen and oxygen atoms in total. The van der Waals surface area contributed by atoms with Gasteiger partial charge in [0.1, 0.15) is 12.3 Å². The standard InChI is InChI=1S/C12H24F2O6/c13-11(7-15)9-19-5-3-17-1-2-18-4-6-20-10-12(14)8-16/h11-12,15-16H,1-10H2. The minimum atomic E-state index is -1.35. The van der Waals surface area contributed by atoms with Crippen molar-refractivity contribution in [3.8, 4) is 0 Å². The van der Waals surface area contributed by atoms with Crippen molar-refractivity contribution in [3.05, 3.63) is 0 Å². The predicted octanol–water partition coefficient (Wildman–Crippen LogP) is -0.286. The minimum Gasteiger partial charge on any atom is -0.393 e. The van der Waals surface area contributed by atoms with E-state index in [2.05, 4.69) is 0 Å². The maximum absolute atomic E-state index is 12.5. The first-order valence-electron chi connectivity index (χ1n) is 6.51. The Morgan fingerprint density at radius 2 is 0.900 bits per heavy atom. The Labute approximate surface area is 117 Å². The van der Waals surface area contributed by atoms with Crippen LogP contribution in [-0.4, -0.2) is 88.6 Å². The topological polar surface area (TPSA) is 77.4 Å². The van der Waals surface area contributed by atoms with Crippen LogP contribution in [0.3, 0.4) is 0 Å². The van der Waals surface area contributed by atoms with Gasteiger partial charge < -0.3 is 29.2 Å². The summed E-state index contributed by atoms with van der Waals surface area (Å²) in [6.07, 6.45) is -2.71. The molecule has 2 atom stereocenters. The van der Waals surface area contributed by atoms with Crippen LogP contribution in [0.25, 0.3) is 0 Å². The predicted molar refractivity (Wildman–Crippen MR) is 67.2 cm³/mol. The lowest BCUT2D eigenvalue weighted by atomic mass is 10.4. The van der Waals surface area contributed by atoms with Gasteiger partial charge >= 0.3 is 0 Å². The fraction of sp³-hybridized carbons (Fsp3) is 1.00. The average Bonchev–Trinajstić information content (AvgIpc) is 2.47. The van der Waals surface area contributed by atoms with Gasteiger partial charge in [0.15, 0.2) is 0 Å². The molecule has 0 heterocycles. The van der Waals surface area contributed by atoms with Gasteiger partial charge in [0.2, 0.25) is 0 Å². The zero-order valence-corrected chi connectivity index (χ0v) is 11.5. The van der Waals surface area contributed by atoms with Gasteiger partial charge in [-0.1, -0.05) is 0 Å². The molecule has 0 fully saturated rings. The summed E-state index contributed by atoms with van der Waals surface area (Å²) in [5.74, 6) is 0. The van der Waals surface area contributed by atoms with Crippen molar-refractivity contribution in [1.82, 2.24) is 0 Å². The molecule has 20 heavy (non-hydrogen) atoms. The lowest BCUT2D eigenvalue weighted by Gasteiger charge is -2.08. The molecular weight excluding hydrogens is 278 g/mol. The van der Waals surface area contributed by atoms with E-state index in [1.807, 2.05) is 0 Å². The maximum atomic E-state index is 12.5. The minimum absolute atomic E-state index is 0.142. The molecule has 2 N–H and O–H groups in total. The van der Waals surface area contributed by atoms with Gasteiger partial charge in [0.05, 0.1) is 66.1 Å². The third kappa shape index (κ3) is 14.0. The third-order valence-electron chi connectivity index (χ3n) is 2.11. The van der Waals surface area contributed by atoms with Crippen molar-refractivity contribution < 1.29 is 37.9 Å². The van der Waals surface area contributed by atoms with Crippen LogP contribution in [0.4, 0.5) is 8.78 Å². The summed E-state index contributed by atoms with van der Waals surface area (Å²) in [5.41, 5.74) is 0. The van der Waals surface area contributed by atoms with Crippen molar-refractivity contribution in [3.63, 3.8) is 0 Å². The smallest absolute Gasteiger partial charge is 0.146 e. The fourth-order valence-corrected chi connectivity index (χ4v) is 1.09. The van der Waals surface area contributed by atoms with Gasteiger partial charge in [0.25, 0.3) is 0 Å². The molecular formula is C12H24F2O6. The molecule has 0 aliphatic heterocycles. The fourth-order valence-electron chi connectivity index (χ4n) is 1.09. The van der Waals surface area contributed by atoms with Crippen LogP contribution >= 0.6 is 0 Å². The first kappa shape index (κ1) is 19.6. The van der Waals surface area contributed by atoms with E-state index < -0.39 is 25.6 Å². The van der Waals surface area contributed by atoms with Crippen molar-refractivity contribution in [2.24, 2.45) is 0 Å². The average molecular weight is 302 g/mol. The van der Waals surface area contributed by atoms with E-state index in [0.29, 0.717) is 26.4 Å². The highest BCUT2D eigenvalue weighted by Gasteiger charge is 2.04. The Morgan fingerprint density at radius 1 is 0.600 bits per heavy atom. The molecule has 0 rings (SSSR count). The van der Waals surface area contributed by atoms with E-state index in [9.17, 15) is 8.78 Å².